The molecule has 1 aromatic heterocycles. The van der Waals surface area contributed by atoms with E-state index >= 15 is 0 Å². The fraction of sp³-hybridized carbons (Fsp3) is 0.0833. The van der Waals surface area contributed by atoms with Crippen LogP contribution < -0.4 is 16.2 Å². The first kappa shape index (κ1) is 16.4. The SMILES string of the molecule is Cc1cc(NC(=O)C(=O)NNc2c(Cl)cc(Cl)cc2Cl)no1. The lowest BCUT2D eigenvalue weighted by atomic mass is 10.3. The molecule has 0 unspecified atom stereocenters. The summed E-state index contributed by atoms with van der Waals surface area (Å²) in [5.74, 6) is -1.29. The van der Waals surface area contributed by atoms with Crippen molar-refractivity contribution in [3.05, 3.63) is 39.0 Å². The summed E-state index contributed by atoms with van der Waals surface area (Å²) in [6.07, 6.45) is 0. The third kappa shape index (κ3) is 4.03. The Hall–Kier alpha value is -1.96. The molecular formula is C12H9Cl3N4O3. The molecule has 0 fully saturated rings. The van der Waals surface area contributed by atoms with Gasteiger partial charge in [-0.05, 0) is 19.1 Å². The van der Waals surface area contributed by atoms with Crippen molar-refractivity contribution in [3.8, 4) is 0 Å². The van der Waals surface area contributed by atoms with Crippen LogP contribution in [0.1, 0.15) is 5.76 Å². The summed E-state index contributed by atoms with van der Waals surface area (Å²) in [7, 11) is 0. The highest BCUT2D eigenvalue weighted by Gasteiger charge is 2.16. The predicted molar refractivity (Wildman–Crippen MR) is 83.1 cm³/mol. The Morgan fingerprint density at radius 2 is 1.73 bits per heavy atom. The number of aromatic nitrogens is 1. The van der Waals surface area contributed by atoms with Gasteiger partial charge in [-0.3, -0.25) is 25.8 Å². The Balaban J connectivity index is 1.96. The monoisotopic (exact) mass is 362 g/mol. The Labute approximate surface area is 139 Å². The molecule has 1 heterocycles. The standard InChI is InChI=1S/C12H9Cl3N4O3/c1-5-2-9(19-22-5)16-11(20)12(21)18-17-10-7(14)3-6(13)4-8(10)15/h2-4,17H,1H3,(H,18,21)(H,16,19,20). The largest absolute Gasteiger partial charge is 0.360 e. The van der Waals surface area contributed by atoms with Crippen LogP contribution in [0.2, 0.25) is 15.1 Å². The van der Waals surface area contributed by atoms with Gasteiger partial charge in [0.25, 0.3) is 0 Å². The van der Waals surface area contributed by atoms with Crippen molar-refractivity contribution in [2.75, 3.05) is 10.7 Å². The van der Waals surface area contributed by atoms with Gasteiger partial charge in [-0.15, -0.1) is 0 Å². The summed E-state index contributed by atoms with van der Waals surface area (Å²) in [6.45, 7) is 1.65. The first-order valence-electron chi connectivity index (χ1n) is 5.82. The van der Waals surface area contributed by atoms with Gasteiger partial charge in [0.15, 0.2) is 5.82 Å². The molecule has 3 N–H and O–H groups in total. The minimum absolute atomic E-state index is 0.125. The van der Waals surface area contributed by atoms with Crippen molar-refractivity contribution in [1.82, 2.24) is 10.6 Å². The number of carbonyl (C=O) groups is 2. The second-order valence-electron chi connectivity index (χ2n) is 4.10. The van der Waals surface area contributed by atoms with Crippen LogP contribution in [0.3, 0.4) is 0 Å². The van der Waals surface area contributed by atoms with Gasteiger partial charge >= 0.3 is 11.8 Å². The summed E-state index contributed by atoms with van der Waals surface area (Å²) in [5, 5.41) is 6.49. The van der Waals surface area contributed by atoms with Crippen LogP contribution in [-0.2, 0) is 9.59 Å². The Morgan fingerprint density at radius 1 is 1.09 bits per heavy atom. The maximum absolute atomic E-state index is 11.7. The molecule has 22 heavy (non-hydrogen) atoms. The van der Waals surface area contributed by atoms with Gasteiger partial charge in [0.1, 0.15) is 5.76 Å². The van der Waals surface area contributed by atoms with E-state index in [4.69, 9.17) is 39.3 Å². The molecule has 2 rings (SSSR count). The molecule has 0 bridgehead atoms. The summed E-state index contributed by atoms with van der Waals surface area (Å²) in [4.78, 5) is 23.3. The third-order valence-corrected chi connectivity index (χ3v) is 3.20. The highest BCUT2D eigenvalue weighted by molar-refractivity contribution is 6.42. The molecule has 0 aliphatic rings. The number of nitrogens with zero attached hydrogens (tertiary/aromatic N) is 1. The normalized spacial score (nSPS) is 10.2. The van der Waals surface area contributed by atoms with E-state index in [1.54, 1.807) is 6.92 Å². The Morgan fingerprint density at radius 3 is 2.27 bits per heavy atom. The van der Waals surface area contributed by atoms with Gasteiger partial charge in [0.05, 0.1) is 15.7 Å². The number of hydrazine groups is 1. The lowest BCUT2D eigenvalue weighted by molar-refractivity contribution is -0.135. The Kier molecular flexibility index (Phi) is 5.12. The van der Waals surface area contributed by atoms with Crippen molar-refractivity contribution in [2.24, 2.45) is 0 Å². The minimum atomic E-state index is -0.970. The van der Waals surface area contributed by atoms with Gasteiger partial charge < -0.3 is 4.52 Å². The first-order valence-corrected chi connectivity index (χ1v) is 6.95. The number of amides is 2. The zero-order valence-corrected chi connectivity index (χ0v) is 13.3. The average Bonchev–Trinajstić information content (AvgIpc) is 2.82. The van der Waals surface area contributed by atoms with Crippen molar-refractivity contribution >= 4 is 58.1 Å². The van der Waals surface area contributed by atoms with Gasteiger partial charge in [0.2, 0.25) is 0 Å². The number of anilines is 2. The van der Waals surface area contributed by atoms with E-state index in [0.29, 0.717) is 10.8 Å². The van der Waals surface area contributed by atoms with Crippen molar-refractivity contribution in [1.29, 1.82) is 0 Å². The van der Waals surface area contributed by atoms with Gasteiger partial charge in [0, 0.05) is 11.1 Å². The van der Waals surface area contributed by atoms with Crippen LogP contribution in [-0.4, -0.2) is 17.0 Å². The predicted octanol–water partition coefficient (Wildman–Crippen LogP) is 3.03. The first-order chi connectivity index (χ1) is 10.4. The van der Waals surface area contributed by atoms with E-state index in [-0.39, 0.29) is 21.6 Å². The van der Waals surface area contributed by atoms with Gasteiger partial charge in [-0.2, -0.15) is 0 Å². The van der Waals surface area contributed by atoms with Crippen LogP contribution in [0.5, 0.6) is 0 Å². The second-order valence-corrected chi connectivity index (χ2v) is 5.35. The number of carbonyl (C=O) groups excluding carboxylic acids is 2. The van der Waals surface area contributed by atoms with Crippen molar-refractivity contribution < 1.29 is 14.1 Å². The quantitative estimate of drug-likeness (QED) is 0.575. The molecule has 0 saturated carbocycles. The minimum Gasteiger partial charge on any atom is -0.360 e. The maximum Gasteiger partial charge on any atom is 0.328 e. The van der Waals surface area contributed by atoms with Gasteiger partial charge in [-0.1, -0.05) is 40.0 Å². The molecule has 0 saturated heterocycles. The smallest absolute Gasteiger partial charge is 0.328 e. The summed E-state index contributed by atoms with van der Waals surface area (Å²) in [5.41, 5.74) is 4.82. The molecule has 0 atom stereocenters. The van der Waals surface area contributed by atoms with Gasteiger partial charge in [-0.25, -0.2) is 0 Å². The van der Waals surface area contributed by atoms with E-state index in [9.17, 15) is 9.59 Å². The van der Waals surface area contributed by atoms with E-state index in [1.807, 2.05) is 0 Å². The molecule has 0 aliphatic carbocycles. The van der Waals surface area contributed by atoms with E-state index in [2.05, 4.69) is 21.3 Å². The van der Waals surface area contributed by atoms with E-state index < -0.39 is 11.8 Å². The molecule has 0 aliphatic heterocycles. The molecule has 7 nitrogen and oxygen atoms in total. The topological polar surface area (TPSA) is 96.3 Å². The second kappa shape index (κ2) is 6.87. The highest BCUT2D eigenvalue weighted by atomic mass is 35.5. The van der Waals surface area contributed by atoms with Crippen LogP contribution in [0.15, 0.2) is 22.7 Å². The molecule has 1 aromatic carbocycles. The van der Waals surface area contributed by atoms with Crippen LogP contribution in [0.4, 0.5) is 11.5 Å². The lowest BCUT2D eigenvalue weighted by Gasteiger charge is -2.11. The molecule has 0 spiro atoms. The summed E-state index contributed by atoms with van der Waals surface area (Å²) in [6, 6.07) is 4.33. The maximum atomic E-state index is 11.7. The number of nitrogens with one attached hydrogen (secondary N) is 3. The molecule has 2 amide bonds. The highest BCUT2D eigenvalue weighted by Crippen LogP contribution is 2.32. The van der Waals surface area contributed by atoms with Crippen LogP contribution in [0, 0.1) is 6.92 Å². The van der Waals surface area contributed by atoms with Crippen molar-refractivity contribution in [3.63, 3.8) is 0 Å². The number of hydrogen-bond donors (Lipinski definition) is 3. The van der Waals surface area contributed by atoms with Crippen LogP contribution in [0.25, 0.3) is 0 Å². The Bertz CT molecular complexity index is 709. The van der Waals surface area contributed by atoms with Crippen molar-refractivity contribution in [2.45, 2.75) is 6.92 Å². The average molecular weight is 364 g/mol. The summed E-state index contributed by atoms with van der Waals surface area (Å²) >= 11 is 17.6. The summed E-state index contributed by atoms with van der Waals surface area (Å²) < 4.78 is 4.76. The molecule has 0 radical (unpaired) electrons. The van der Waals surface area contributed by atoms with Crippen LogP contribution >= 0.6 is 34.8 Å². The number of benzene rings is 1. The molecule has 116 valence electrons. The zero-order chi connectivity index (χ0) is 16.3. The zero-order valence-electron chi connectivity index (χ0n) is 11.0. The number of rotatable bonds is 3. The number of halogens is 3. The lowest BCUT2D eigenvalue weighted by Crippen LogP contribution is -2.39. The molecule has 10 heteroatoms. The fourth-order valence-electron chi connectivity index (χ4n) is 1.44. The third-order valence-electron chi connectivity index (χ3n) is 2.38. The molecule has 2 aromatic rings. The fourth-order valence-corrected chi connectivity index (χ4v) is 2.35. The number of hydrogen-bond acceptors (Lipinski definition) is 5. The van der Waals surface area contributed by atoms with E-state index in [0.717, 1.165) is 0 Å². The molecular weight excluding hydrogens is 355 g/mol. The van der Waals surface area contributed by atoms with E-state index in [1.165, 1.54) is 18.2 Å². The number of aryl methyl sites for hydroxylation is 1.